The molecule has 3 fully saturated rings. The molecule has 1 aliphatic carbocycles. The highest BCUT2D eigenvalue weighted by molar-refractivity contribution is 6.31. The van der Waals surface area contributed by atoms with Crippen LogP contribution in [0.2, 0.25) is 5.02 Å². The number of hydrogen-bond acceptors (Lipinski definition) is 6. The van der Waals surface area contributed by atoms with E-state index in [-0.39, 0.29) is 28.4 Å². The number of carbonyl (C=O) groups excluding carboxylic acids is 2. The molecule has 2 aliphatic heterocycles. The van der Waals surface area contributed by atoms with Crippen molar-refractivity contribution in [3.8, 4) is 5.75 Å². The van der Waals surface area contributed by atoms with Gasteiger partial charge in [0.15, 0.2) is 17.4 Å². The lowest BCUT2D eigenvalue weighted by Gasteiger charge is -2.46. The monoisotopic (exact) mass is 639 g/mol. The largest absolute Gasteiger partial charge is 0.493 e. The predicted octanol–water partition coefficient (Wildman–Crippen LogP) is 7.00. The standard InChI is InChI=1S/C34H43ClFN5O4/c1-33(2,3)45-32(43)41-14-11-34(12-15-41)9-7-22(8-10-34)23-20-25(35)28(36)29-24(23)21-26(38-29)31(42)40-18-16-39(17-19-40)30-27(44-4)6-5-13-37-30/h5-6,13,20-22,38H,7-12,14-19H2,1-4H3. The fraction of sp³-hybridized carbons (Fsp3) is 0.559. The molecule has 0 radical (unpaired) electrons. The first kappa shape index (κ1) is 31.5. The molecule has 2 aromatic heterocycles. The number of ether oxygens (including phenoxy) is 2. The van der Waals surface area contributed by atoms with E-state index in [9.17, 15) is 9.59 Å². The van der Waals surface area contributed by atoms with Crippen molar-refractivity contribution in [2.75, 3.05) is 51.3 Å². The number of pyridine rings is 1. The van der Waals surface area contributed by atoms with Gasteiger partial charge in [0.2, 0.25) is 0 Å². The number of piperazine rings is 1. The summed E-state index contributed by atoms with van der Waals surface area (Å²) in [4.78, 5) is 39.5. The number of hydrogen-bond donors (Lipinski definition) is 1. The number of likely N-dealkylation sites (tertiary alicyclic amines) is 1. The summed E-state index contributed by atoms with van der Waals surface area (Å²) in [5, 5.41) is 0.806. The molecule has 0 bridgehead atoms. The molecule has 3 aliphatic rings. The third kappa shape index (κ3) is 6.44. The number of aromatic nitrogens is 2. The van der Waals surface area contributed by atoms with Crippen molar-refractivity contribution in [3.63, 3.8) is 0 Å². The molecule has 0 atom stereocenters. The Morgan fingerprint density at radius 3 is 2.36 bits per heavy atom. The van der Waals surface area contributed by atoms with Gasteiger partial charge in [-0.25, -0.2) is 14.2 Å². The Labute approximate surface area is 269 Å². The summed E-state index contributed by atoms with van der Waals surface area (Å²) in [5.74, 6) is 1.01. The van der Waals surface area contributed by atoms with Gasteiger partial charge in [-0.15, -0.1) is 0 Å². The van der Waals surface area contributed by atoms with Crippen molar-refractivity contribution in [1.82, 2.24) is 19.8 Å². The van der Waals surface area contributed by atoms with Gasteiger partial charge in [0.05, 0.1) is 17.6 Å². The van der Waals surface area contributed by atoms with E-state index in [1.54, 1.807) is 24.3 Å². The number of amides is 2. The molecule has 9 nitrogen and oxygen atoms in total. The van der Waals surface area contributed by atoms with Gasteiger partial charge in [-0.2, -0.15) is 0 Å². The number of piperidine rings is 1. The number of benzene rings is 1. The molecule has 3 aromatic rings. The normalized spacial score (nSPS) is 19.3. The molecule has 1 saturated carbocycles. The summed E-state index contributed by atoms with van der Waals surface area (Å²) in [6, 6.07) is 7.28. The smallest absolute Gasteiger partial charge is 0.410 e. The lowest BCUT2D eigenvalue weighted by molar-refractivity contribution is 0.00347. The molecular formula is C34H43ClFN5O4. The molecule has 242 valence electrons. The minimum absolute atomic E-state index is 0.0715. The van der Waals surface area contributed by atoms with Crippen LogP contribution in [0.4, 0.5) is 15.0 Å². The van der Waals surface area contributed by atoms with Crippen LogP contribution in [-0.4, -0.2) is 83.7 Å². The highest BCUT2D eigenvalue weighted by Gasteiger charge is 2.40. The minimum atomic E-state index is -0.525. The van der Waals surface area contributed by atoms with Crippen LogP contribution < -0.4 is 9.64 Å². The van der Waals surface area contributed by atoms with E-state index >= 15 is 4.39 Å². The van der Waals surface area contributed by atoms with Crippen LogP contribution in [0.5, 0.6) is 5.75 Å². The van der Waals surface area contributed by atoms with Crippen molar-refractivity contribution >= 4 is 40.3 Å². The van der Waals surface area contributed by atoms with Crippen LogP contribution in [0.25, 0.3) is 10.9 Å². The number of H-pyrrole nitrogens is 1. The summed E-state index contributed by atoms with van der Waals surface area (Å²) in [6.07, 6.45) is 7.41. The van der Waals surface area contributed by atoms with Crippen LogP contribution >= 0.6 is 11.6 Å². The average molecular weight is 640 g/mol. The van der Waals surface area contributed by atoms with Crippen molar-refractivity contribution in [1.29, 1.82) is 0 Å². The summed E-state index contributed by atoms with van der Waals surface area (Å²) in [6.45, 7) is 9.35. The zero-order valence-electron chi connectivity index (χ0n) is 26.6. The second-order valence-electron chi connectivity index (χ2n) is 13.8. The number of nitrogens with zero attached hydrogens (tertiary/aromatic N) is 4. The lowest BCUT2D eigenvalue weighted by Crippen LogP contribution is -2.49. The van der Waals surface area contributed by atoms with Gasteiger partial charge in [-0.3, -0.25) is 4.79 Å². The number of nitrogens with one attached hydrogen (secondary N) is 1. The number of fused-ring (bicyclic) bond motifs is 1. The van der Waals surface area contributed by atoms with Gasteiger partial charge in [0.1, 0.15) is 11.3 Å². The van der Waals surface area contributed by atoms with Gasteiger partial charge < -0.3 is 29.2 Å². The number of rotatable bonds is 4. The van der Waals surface area contributed by atoms with E-state index in [1.165, 1.54) is 0 Å². The third-order valence-electron chi connectivity index (χ3n) is 9.87. The van der Waals surface area contributed by atoms with E-state index in [0.717, 1.165) is 55.3 Å². The van der Waals surface area contributed by atoms with Crippen molar-refractivity contribution < 1.29 is 23.5 Å². The molecule has 1 spiro atoms. The molecule has 0 unspecified atom stereocenters. The van der Waals surface area contributed by atoms with Gasteiger partial charge in [-0.1, -0.05) is 11.6 Å². The number of carbonyl (C=O) groups is 2. The highest BCUT2D eigenvalue weighted by Crippen LogP contribution is 2.50. The Morgan fingerprint density at radius 2 is 1.71 bits per heavy atom. The predicted molar refractivity (Wildman–Crippen MR) is 173 cm³/mol. The number of halogens is 2. The molecule has 11 heteroatoms. The fourth-order valence-electron chi connectivity index (χ4n) is 7.31. The first-order valence-corrected chi connectivity index (χ1v) is 16.4. The summed E-state index contributed by atoms with van der Waals surface area (Å²) in [7, 11) is 1.62. The maximum absolute atomic E-state index is 15.3. The minimum Gasteiger partial charge on any atom is -0.493 e. The van der Waals surface area contributed by atoms with Crippen LogP contribution in [0.15, 0.2) is 30.5 Å². The molecule has 6 rings (SSSR count). The SMILES string of the molecule is COc1cccnc1N1CCN(C(=O)c2cc3c(C4CCC5(CC4)CCN(C(=O)OC(C)(C)C)CC5)cc(Cl)c(F)c3[nH]2)CC1. The van der Waals surface area contributed by atoms with Crippen LogP contribution in [-0.2, 0) is 4.74 Å². The Kier molecular flexibility index (Phi) is 8.63. The Balaban J connectivity index is 1.13. The molecule has 1 N–H and O–H groups in total. The average Bonchev–Trinajstić information content (AvgIpc) is 3.48. The maximum Gasteiger partial charge on any atom is 0.410 e. The van der Waals surface area contributed by atoms with Crippen molar-refractivity contribution in [3.05, 3.63) is 52.6 Å². The maximum atomic E-state index is 15.3. The van der Waals surface area contributed by atoms with E-state index in [2.05, 4.69) is 14.9 Å². The first-order valence-electron chi connectivity index (χ1n) is 16.0. The first-order chi connectivity index (χ1) is 21.5. The molecule has 2 amide bonds. The van der Waals surface area contributed by atoms with Gasteiger partial charge >= 0.3 is 6.09 Å². The summed E-state index contributed by atoms with van der Waals surface area (Å²) in [5.41, 5.74) is 1.37. The van der Waals surface area contributed by atoms with Crippen molar-refractivity contribution in [2.24, 2.45) is 5.41 Å². The summed E-state index contributed by atoms with van der Waals surface area (Å²) >= 11 is 6.42. The van der Waals surface area contributed by atoms with Gasteiger partial charge in [0.25, 0.3) is 5.91 Å². The second-order valence-corrected chi connectivity index (χ2v) is 14.2. The van der Waals surface area contributed by atoms with Gasteiger partial charge in [0, 0.05) is 50.9 Å². The highest BCUT2D eigenvalue weighted by atomic mass is 35.5. The van der Waals surface area contributed by atoms with Crippen LogP contribution in [0.3, 0.4) is 0 Å². The number of methoxy groups -OCH3 is 1. The molecular weight excluding hydrogens is 597 g/mol. The topological polar surface area (TPSA) is 91.0 Å². The molecule has 2 saturated heterocycles. The van der Waals surface area contributed by atoms with E-state index < -0.39 is 11.4 Å². The molecule has 4 heterocycles. The fourth-order valence-corrected chi connectivity index (χ4v) is 7.52. The summed E-state index contributed by atoms with van der Waals surface area (Å²) < 4.78 is 26.4. The van der Waals surface area contributed by atoms with E-state index in [0.29, 0.717) is 56.2 Å². The third-order valence-corrected chi connectivity index (χ3v) is 10.1. The van der Waals surface area contributed by atoms with Crippen LogP contribution in [0.1, 0.15) is 81.3 Å². The Morgan fingerprint density at radius 1 is 1.02 bits per heavy atom. The lowest BCUT2D eigenvalue weighted by atomic mass is 9.64. The second kappa shape index (κ2) is 12.3. The Bertz CT molecular complexity index is 1560. The Hall–Kier alpha value is -3.53. The number of aromatic amines is 1. The quantitative estimate of drug-likeness (QED) is 0.331. The molecule has 1 aromatic carbocycles. The van der Waals surface area contributed by atoms with E-state index in [4.69, 9.17) is 21.1 Å². The van der Waals surface area contributed by atoms with Crippen LogP contribution in [0, 0.1) is 11.2 Å². The molecule has 45 heavy (non-hydrogen) atoms. The number of anilines is 1. The zero-order valence-corrected chi connectivity index (χ0v) is 27.4. The van der Waals surface area contributed by atoms with Gasteiger partial charge in [-0.05, 0) is 100 Å². The van der Waals surface area contributed by atoms with Crippen molar-refractivity contribution in [2.45, 2.75) is 70.8 Å². The zero-order chi connectivity index (χ0) is 31.9. The van der Waals surface area contributed by atoms with E-state index in [1.807, 2.05) is 43.9 Å².